The number of nitrogens with one attached hydrogen (secondary N) is 2. The first-order valence-corrected chi connectivity index (χ1v) is 9.28. The van der Waals surface area contributed by atoms with Gasteiger partial charge in [0.05, 0.1) is 13.7 Å². The highest BCUT2D eigenvalue weighted by atomic mass is 19.2. The minimum atomic E-state index is -0.965. The van der Waals surface area contributed by atoms with E-state index in [2.05, 4.69) is 17.8 Å². The van der Waals surface area contributed by atoms with Crippen LogP contribution in [0.2, 0.25) is 0 Å². The Hall–Kier alpha value is -3.16. The molecule has 0 unspecified atom stereocenters. The van der Waals surface area contributed by atoms with Gasteiger partial charge in [0.2, 0.25) is 5.91 Å². The Kier molecular flexibility index (Phi) is 8.39. The number of halogens is 2. The van der Waals surface area contributed by atoms with E-state index in [1.165, 1.54) is 19.2 Å². The molecule has 0 atom stereocenters. The molecule has 0 fully saturated rings. The molecule has 2 N–H and O–H groups in total. The molecule has 2 aromatic carbocycles. The first kappa shape index (κ1) is 22.1. The van der Waals surface area contributed by atoms with Gasteiger partial charge in [-0.15, -0.1) is 0 Å². The summed E-state index contributed by atoms with van der Waals surface area (Å²) in [6, 6.07) is 8.16. The summed E-state index contributed by atoms with van der Waals surface area (Å²) in [5.41, 5.74) is 5.37. The number of carbonyl (C=O) groups is 2. The van der Waals surface area contributed by atoms with Crippen LogP contribution in [-0.2, 0) is 11.2 Å². The van der Waals surface area contributed by atoms with E-state index in [1.807, 2.05) is 0 Å². The van der Waals surface area contributed by atoms with Crippen LogP contribution >= 0.6 is 0 Å². The minimum Gasteiger partial charge on any atom is -0.493 e. The van der Waals surface area contributed by atoms with E-state index in [9.17, 15) is 18.4 Å². The van der Waals surface area contributed by atoms with Crippen LogP contribution in [0.3, 0.4) is 0 Å². The number of aryl methyl sites for hydroxylation is 1. The van der Waals surface area contributed by atoms with Crippen LogP contribution in [-0.4, -0.2) is 25.5 Å². The summed E-state index contributed by atoms with van der Waals surface area (Å²) in [5, 5.41) is 0. The highest BCUT2D eigenvalue weighted by Gasteiger charge is 2.12. The zero-order valence-electron chi connectivity index (χ0n) is 16.4. The number of ether oxygens (including phenoxy) is 2. The zero-order valence-corrected chi connectivity index (χ0v) is 16.4. The Labute approximate surface area is 168 Å². The number of benzene rings is 2. The van der Waals surface area contributed by atoms with Gasteiger partial charge in [-0.3, -0.25) is 20.4 Å². The van der Waals surface area contributed by atoms with Gasteiger partial charge in [0.1, 0.15) is 0 Å². The Morgan fingerprint density at radius 3 is 2.48 bits per heavy atom. The summed E-state index contributed by atoms with van der Waals surface area (Å²) in [5.74, 6) is -1.94. The molecular weight excluding hydrogens is 382 g/mol. The lowest BCUT2D eigenvalue weighted by atomic mass is 10.1. The quantitative estimate of drug-likeness (QED) is 0.493. The summed E-state index contributed by atoms with van der Waals surface area (Å²) < 4.78 is 36.9. The van der Waals surface area contributed by atoms with E-state index in [4.69, 9.17) is 9.47 Å². The van der Waals surface area contributed by atoms with E-state index in [-0.39, 0.29) is 18.4 Å². The molecule has 0 radical (unpaired) electrons. The Bertz CT molecular complexity index is 859. The maximum absolute atomic E-state index is 13.2. The third kappa shape index (κ3) is 6.74. The molecule has 0 spiro atoms. The van der Waals surface area contributed by atoms with Crippen LogP contribution in [0.5, 0.6) is 11.5 Å². The van der Waals surface area contributed by atoms with Crippen LogP contribution < -0.4 is 20.3 Å². The Morgan fingerprint density at radius 2 is 1.79 bits per heavy atom. The SMILES string of the molecule is CCCCOc1ccc(C(=O)NNC(=O)CCc2ccc(F)c(F)c2)cc1OC. The van der Waals surface area contributed by atoms with Crippen molar-refractivity contribution in [2.45, 2.75) is 32.6 Å². The first-order valence-electron chi connectivity index (χ1n) is 9.28. The van der Waals surface area contributed by atoms with Gasteiger partial charge < -0.3 is 9.47 Å². The topological polar surface area (TPSA) is 76.7 Å². The molecule has 0 saturated heterocycles. The molecule has 2 rings (SSSR count). The summed E-state index contributed by atoms with van der Waals surface area (Å²) in [6.07, 6.45) is 2.11. The van der Waals surface area contributed by atoms with Crippen molar-refractivity contribution in [1.82, 2.24) is 10.9 Å². The zero-order chi connectivity index (χ0) is 21.2. The van der Waals surface area contributed by atoms with Crippen molar-refractivity contribution in [3.63, 3.8) is 0 Å². The van der Waals surface area contributed by atoms with E-state index in [1.54, 1.807) is 12.1 Å². The lowest BCUT2D eigenvalue weighted by molar-refractivity contribution is -0.121. The van der Waals surface area contributed by atoms with E-state index >= 15 is 0 Å². The van der Waals surface area contributed by atoms with Gasteiger partial charge in [0, 0.05) is 12.0 Å². The number of hydrazine groups is 1. The first-order chi connectivity index (χ1) is 13.9. The van der Waals surface area contributed by atoms with Gasteiger partial charge in [-0.05, 0) is 48.7 Å². The summed E-state index contributed by atoms with van der Waals surface area (Å²) in [6.45, 7) is 2.60. The smallest absolute Gasteiger partial charge is 0.269 e. The van der Waals surface area contributed by atoms with Crippen LogP contribution in [0.25, 0.3) is 0 Å². The minimum absolute atomic E-state index is 0.00111. The Balaban J connectivity index is 1.85. The van der Waals surface area contributed by atoms with Crippen molar-refractivity contribution in [2.24, 2.45) is 0 Å². The molecule has 29 heavy (non-hydrogen) atoms. The molecular formula is C21H24F2N2O4. The molecule has 2 amide bonds. The van der Waals surface area contributed by atoms with Gasteiger partial charge >= 0.3 is 0 Å². The molecule has 0 heterocycles. The predicted octanol–water partition coefficient (Wildman–Crippen LogP) is 3.55. The maximum atomic E-state index is 13.2. The van der Waals surface area contributed by atoms with Crippen LogP contribution in [0, 0.1) is 11.6 Å². The third-order valence-corrected chi connectivity index (χ3v) is 4.12. The van der Waals surface area contributed by atoms with Gasteiger partial charge in [0.15, 0.2) is 23.1 Å². The van der Waals surface area contributed by atoms with E-state index in [0.29, 0.717) is 23.7 Å². The van der Waals surface area contributed by atoms with Gasteiger partial charge in [-0.2, -0.15) is 0 Å². The molecule has 0 aliphatic rings. The Morgan fingerprint density at radius 1 is 1.00 bits per heavy atom. The molecule has 0 bridgehead atoms. The lowest BCUT2D eigenvalue weighted by Crippen LogP contribution is -2.41. The number of hydrogen-bond acceptors (Lipinski definition) is 4. The average Bonchev–Trinajstić information content (AvgIpc) is 2.73. The van der Waals surface area contributed by atoms with Crippen LogP contribution in [0.4, 0.5) is 8.78 Å². The largest absolute Gasteiger partial charge is 0.493 e. The molecule has 156 valence electrons. The van der Waals surface area contributed by atoms with Crippen molar-refractivity contribution in [1.29, 1.82) is 0 Å². The molecule has 0 aliphatic carbocycles. The van der Waals surface area contributed by atoms with Gasteiger partial charge in [-0.25, -0.2) is 8.78 Å². The highest BCUT2D eigenvalue weighted by molar-refractivity contribution is 5.96. The molecule has 8 heteroatoms. The number of amides is 2. The van der Waals surface area contributed by atoms with Crippen molar-refractivity contribution < 1.29 is 27.8 Å². The van der Waals surface area contributed by atoms with E-state index < -0.39 is 23.4 Å². The summed E-state index contributed by atoms with van der Waals surface area (Å²) in [4.78, 5) is 24.1. The molecule has 0 aliphatic heterocycles. The highest BCUT2D eigenvalue weighted by Crippen LogP contribution is 2.28. The fourth-order valence-corrected chi connectivity index (χ4v) is 2.47. The molecule has 2 aromatic rings. The van der Waals surface area contributed by atoms with Crippen molar-refractivity contribution in [3.05, 3.63) is 59.2 Å². The number of hydrogen-bond donors (Lipinski definition) is 2. The summed E-state index contributed by atoms with van der Waals surface area (Å²) >= 11 is 0. The molecule has 0 aromatic heterocycles. The van der Waals surface area contributed by atoms with Crippen molar-refractivity contribution >= 4 is 11.8 Å². The van der Waals surface area contributed by atoms with Crippen LogP contribution in [0.1, 0.15) is 42.1 Å². The molecule has 6 nitrogen and oxygen atoms in total. The fourth-order valence-electron chi connectivity index (χ4n) is 2.47. The standard InChI is InChI=1S/C21H24F2N2O4/c1-3-4-11-29-18-9-7-15(13-19(18)28-2)21(27)25-24-20(26)10-6-14-5-8-16(22)17(23)12-14/h5,7-9,12-13H,3-4,6,10-11H2,1-2H3,(H,24,26)(H,25,27). The normalized spacial score (nSPS) is 10.3. The van der Waals surface area contributed by atoms with Crippen LogP contribution in [0.15, 0.2) is 36.4 Å². The van der Waals surface area contributed by atoms with Gasteiger partial charge in [-0.1, -0.05) is 19.4 Å². The summed E-state index contributed by atoms with van der Waals surface area (Å²) in [7, 11) is 1.48. The predicted molar refractivity (Wildman–Crippen MR) is 104 cm³/mol. The number of carbonyl (C=O) groups excluding carboxylic acids is 2. The monoisotopic (exact) mass is 406 g/mol. The van der Waals surface area contributed by atoms with Crippen molar-refractivity contribution in [3.8, 4) is 11.5 Å². The second-order valence-corrected chi connectivity index (χ2v) is 6.32. The van der Waals surface area contributed by atoms with Gasteiger partial charge in [0.25, 0.3) is 5.91 Å². The molecule has 0 saturated carbocycles. The lowest BCUT2D eigenvalue weighted by Gasteiger charge is -2.12. The second kappa shape index (κ2) is 11.0. The number of rotatable bonds is 9. The average molecular weight is 406 g/mol. The maximum Gasteiger partial charge on any atom is 0.269 e. The van der Waals surface area contributed by atoms with E-state index in [0.717, 1.165) is 25.0 Å². The number of unbranched alkanes of at least 4 members (excludes halogenated alkanes) is 1. The van der Waals surface area contributed by atoms with Crippen molar-refractivity contribution in [2.75, 3.05) is 13.7 Å². The third-order valence-electron chi connectivity index (χ3n) is 4.12. The number of methoxy groups -OCH3 is 1. The fraction of sp³-hybridized carbons (Fsp3) is 0.333. The second-order valence-electron chi connectivity index (χ2n) is 6.32.